The number of benzene rings is 1. The average molecular weight is 368 g/mol. The number of piperazine rings is 1. The molecule has 0 spiro atoms. The molecular weight excluding hydrogens is 348 g/mol. The molecule has 0 unspecified atom stereocenters. The first-order valence-corrected chi connectivity index (χ1v) is 9.13. The van der Waals surface area contributed by atoms with E-state index in [0.29, 0.717) is 11.1 Å². The van der Waals surface area contributed by atoms with E-state index in [1.54, 1.807) is 36.4 Å². The van der Waals surface area contributed by atoms with Gasteiger partial charge in [0.2, 0.25) is 16.9 Å². The zero-order chi connectivity index (χ0) is 18.9. The van der Waals surface area contributed by atoms with Gasteiger partial charge in [0.15, 0.2) is 0 Å². The highest BCUT2D eigenvalue weighted by atomic mass is 32.2. The molecule has 6 heteroatoms. The largest absolute Gasteiger partial charge is 0.345 e. The van der Waals surface area contributed by atoms with Crippen molar-refractivity contribution >= 4 is 28.7 Å². The maximum atomic E-state index is 12.3. The van der Waals surface area contributed by atoms with Crippen LogP contribution in [0, 0.1) is 12.3 Å². The van der Waals surface area contributed by atoms with Gasteiger partial charge in [0.1, 0.15) is 6.04 Å². The first-order chi connectivity index (χ1) is 12.6. The third-order valence-corrected chi connectivity index (χ3v) is 4.79. The van der Waals surface area contributed by atoms with Crippen molar-refractivity contribution in [3.63, 3.8) is 0 Å². The van der Waals surface area contributed by atoms with Crippen molar-refractivity contribution in [3.05, 3.63) is 59.7 Å². The third-order valence-electron chi connectivity index (χ3n) is 3.81. The van der Waals surface area contributed by atoms with Gasteiger partial charge in [-0.1, -0.05) is 60.2 Å². The number of hydrogen-bond donors (Lipinski definition) is 1. The first-order valence-electron chi connectivity index (χ1n) is 8.14. The number of carbonyl (C=O) groups excluding carboxylic acids is 3. The zero-order valence-electron chi connectivity index (χ0n) is 14.5. The van der Waals surface area contributed by atoms with Crippen LogP contribution in [-0.4, -0.2) is 46.7 Å². The molecule has 1 saturated heterocycles. The zero-order valence-corrected chi connectivity index (χ0v) is 15.3. The highest BCUT2D eigenvalue weighted by molar-refractivity contribution is 8.14. The minimum Gasteiger partial charge on any atom is -0.345 e. The minimum atomic E-state index is -0.740. The molecule has 0 aromatic heterocycles. The SMILES string of the molecule is C#C/C(=C\C=C/C)CN1C(=O)CNC(=O)[C@@H]1CSC(=O)c1ccccc1. The Morgan fingerprint density at radius 2 is 2.12 bits per heavy atom. The van der Waals surface area contributed by atoms with Crippen molar-refractivity contribution in [1.82, 2.24) is 10.2 Å². The maximum Gasteiger partial charge on any atom is 0.244 e. The lowest BCUT2D eigenvalue weighted by Crippen LogP contribution is -2.59. The second-order valence-corrected chi connectivity index (χ2v) is 6.57. The topological polar surface area (TPSA) is 66.5 Å². The number of amides is 2. The van der Waals surface area contributed by atoms with Crippen molar-refractivity contribution in [2.24, 2.45) is 0 Å². The van der Waals surface area contributed by atoms with Crippen molar-refractivity contribution in [2.45, 2.75) is 13.0 Å². The molecule has 1 fully saturated rings. The van der Waals surface area contributed by atoms with E-state index in [9.17, 15) is 14.4 Å². The molecular formula is C20H20N2O3S. The van der Waals surface area contributed by atoms with E-state index in [4.69, 9.17) is 6.42 Å². The van der Waals surface area contributed by atoms with Gasteiger partial charge >= 0.3 is 0 Å². The number of thioether (sulfide) groups is 1. The van der Waals surface area contributed by atoms with Gasteiger partial charge in [-0.15, -0.1) is 6.42 Å². The molecule has 0 aliphatic carbocycles. The molecule has 1 atom stereocenters. The Balaban J connectivity index is 2.11. The Morgan fingerprint density at radius 3 is 2.77 bits per heavy atom. The Kier molecular flexibility index (Phi) is 7.24. The van der Waals surface area contributed by atoms with Gasteiger partial charge < -0.3 is 10.2 Å². The van der Waals surface area contributed by atoms with E-state index in [-0.39, 0.29) is 35.8 Å². The van der Waals surface area contributed by atoms with E-state index < -0.39 is 6.04 Å². The smallest absolute Gasteiger partial charge is 0.244 e. The molecule has 5 nitrogen and oxygen atoms in total. The van der Waals surface area contributed by atoms with E-state index in [0.717, 1.165) is 11.8 Å². The summed E-state index contributed by atoms with van der Waals surface area (Å²) in [4.78, 5) is 38.3. The molecule has 134 valence electrons. The summed E-state index contributed by atoms with van der Waals surface area (Å²) in [5.74, 6) is 2.22. The van der Waals surface area contributed by atoms with Gasteiger partial charge in [-0.2, -0.15) is 0 Å². The fraction of sp³-hybridized carbons (Fsp3) is 0.250. The summed E-state index contributed by atoms with van der Waals surface area (Å²) in [6.07, 6.45) is 10.9. The van der Waals surface area contributed by atoms with E-state index in [1.165, 1.54) is 4.90 Å². The molecule has 1 aliphatic rings. The Hall–Kier alpha value is -2.78. The first kappa shape index (κ1) is 19.5. The Labute approximate surface area is 157 Å². The standard InChI is InChI=1S/C20H20N2O3S/c1-3-5-9-15(4-2)13-22-17(19(24)21-12-18(22)23)14-26-20(25)16-10-7-6-8-11-16/h2-3,5-11,17H,12-14H2,1H3,(H,21,24)/b5-3-,15-9+/t17-/m0/s1. The predicted molar refractivity (Wildman–Crippen MR) is 103 cm³/mol. The molecule has 1 N–H and O–H groups in total. The fourth-order valence-electron chi connectivity index (χ4n) is 2.42. The number of nitrogens with zero attached hydrogens (tertiary/aromatic N) is 1. The molecule has 0 saturated carbocycles. The molecule has 0 radical (unpaired) electrons. The highest BCUT2D eigenvalue weighted by Gasteiger charge is 2.35. The highest BCUT2D eigenvalue weighted by Crippen LogP contribution is 2.18. The van der Waals surface area contributed by atoms with Crippen LogP contribution in [-0.2, 0) is 9.59 Å². The van der Waals surface area contributed by atoms with Crippen LogP contribution in [0.4, 0.5) is 0 Å². The molecule has 0 bridgehead atoms. The predicted octanol–water partition coefficient (Wildman–Crippen LogP) is 2.02. The Bertz CT molecular complexity index is 778. The van der Waals surface area contributed by atoms with E-state index in [2.05, 4.69) is 11.2 Å². The van der Waals surface area contributed by atoms with E-state index >= 15 is 0 Å². The molecule has 1 aromatic rings. The third kappa shape index (κ3) is 5.11. The summed E-state index contributed by atoms with van der Waals surface area (Å²) in [5, 5.41) is 2.43. The number of allylic oxidation sites excluding steroid dienone is 3. The second kappa shape index (κ2) is 9.64. The van der Waals surface area contributed by atoms with Crippen molar-refractivity contribution in [3.8, 4) is 12.3 Å². The van der Waals surface area contributed by atoms with E-state index in [1.807, 2.05) is 19.1 Å². The number of terminal acetylenes is 1. The van der Waals surface area contributed by atoms with Gasteiger partial charge in [-0.05, 0) is 13.0 Å². The number of hydrogen-bond acceptors (Lipinski definition) is 4. The van der Waals surface area contributed by atoms with Crippen LogP contribution in [0.5, 0.6) is 0 Å². The monoisotopic (exact) mass is 368 g/mol. The summed E-state index contributed by atoms with van der Waals surface area (Å²) >= 11 is 1.02. The minimum absolute atomic E-state index is 0.0614. The lowest BCUT2D eigenvalue weighted by molar-refractivity contribution is -0.144. The molecule has 1 aliphatic heterocycles. The average Bonchev–Trinajstić information content (AvgIpc) is 2.67. The van der Waals surface area contributed by atoms with Crippen LogP contribution >= 0.6 is 11.8 Å². The lowest BCUT2D eigenvalue weighted by atomic mass is 10.1. The molecule has 1 aromatic carbocycles. The fourth-order valence-corrected chi connectivity index (χ4v) is 3.36. The molecule has 1 heterocycles. The van der Waals surface area contributed by atoms with Gasteiger partial charge in [0.25, 0.3) is 0 Å². The number of carbonyl (C=O) groups is 3. The summed E-state index contributed by atoms with van der Waals surface area (Å²) in [6.45, 7) is 1.96. The molecule has 2 rings (SSSR count). The number of rotatable bonds is 6. The van der Waals surface area contributed by atoms with Crippen LogP contribution in [0.15, 0.2) is 54.1 Å². The van der Waals surface area contributed by atoms with Gasteiger partial charge in [0.05, 0.1) is 13.1 Å². The molecule has 26 heavy (non-hydrogen) atoms. The van der Waals surface area contributed by atoms with Crippen molar-refractivity contribution in [1.29, 1.82) is 0 Å². The normalized spacial score (nSPS) is 17.9. The van der Waals surface area contributed by atoms with Crippen molar-refractivity contribution < 1.29 is 14.4 Å². The van der Waals surface area contributed by atoms with Crippen LogP contribution in [0.2, 0.25) is 0 Å². The maximum absolute atomic E-state index is 12.3. The number of nitrogens with one attached hydrogen (secondary N) is 1. The van der Waals surface area contributed by atoms with Crippen LogP contribution in [0.25, 0.3) is 0 Å². The summed E-state index contributed by atoms with van der Waals surface area (Å²) in [5.41, 5.74) is 1.15. The van der Waals surface area contributed by atoms with Crippen molar-refractivity contribution in [2.75, 3.05) is 18.8 Å². The summed E-state index contributed by atoms with van der Waals surface area (Å²) < 4.78 is 0. The summed E-state index contributed by atoms with van der Waals surface area (Å²) in [6, 6.07) is 8.08. The Morgan fingerprint density at radius 1 is 1.38 bits per heavy atom. The van der Waals surface area contributed by atoms with Gasteiger partial charge in [0, 0.05) is 16.9 Å². The second-order valence-electron chi connectivity index (χ2n) is 5.58. The van der Waals surface area contributed by atoms with Crippen LogP contribution in [0.3, 0.4) is 0 Å². The summed E-state index contributed by atoms with van der Waals surface area (Å²) in [7, 11) is 0. The van der Waals surface area contributed by atoms with Crippen LogP contribution in [0.1, 0.15) is 17.3 Å². The quantitative estimate of drug-likeness (QED) is 0.616. The van der Waals surface area contributed by atoms with Crippen LogP contribution < -0.4 is 5.32 Å². The molecule has 2 amide bonds. The van der Waals surface area contributed by atoms with Gasteiger partial charge in [-0.3, -0.25) is 14.4 Å². The van der Waals surface area contributed by atoms with Gasteiger partial charge in [-0.25, -0.2) is 0 Å². The lowest BCUT2D eigenvalue weighted by Gasteiger charge is -2.34.